The molecule has 1 aromatic heterocycles. The van der Waals surface area contributed by atoms with Crippen molar-refractivity contribution in [3.05, 3.63) is 42.6 Å². The lowest BCUT2D eigenvalue weighted by Crippen LogP contribution is -2.48. The van der Waals surface area contributed by atoms with Crippen molar-refractivity contribution in [1.82, 2.24) is 4.98 Å². The summed E-state index contributed by atoms with van der Waals surface area (Å²) in [5.74, 6) is -0.524. The highest BCUT2D eigenvalue weighted by Crippen LogP contribution is 2.34. The zero-order valence-corrected chi connectivity index (χ0v) is 13.5. The number of carbonyl (C=O) groups is 1. The van der Waals surface area contributed by atoms with Gasteiger partial charge in [-0.15, -0.1) is 0 Å². The number of carbonyl (C=O) groups excluding carboxylic acids is 1. The molecule has 0 saturated heterocycles. The average molecular weight is 349 g/mol. The number of sulfonamides is 1. The van der Waals surface area contributed by atoms with Crippen LogP contribution < -0.4 is 14.4 Å². The Labute approximate surface area is 138 Å². The molecule has 2 heterocycles. The lowest BCUT2D eigenvalue weighted by Gasteiger charge is -2.33. The predicted octanol–water partition coefficient (Wildman–Crippen LogP) is 0.953. The van der Waals surface area contributed by atoms with E-state index in [1.54, 1.807) is 24.3 Å². The van der Waals surface area contributed by atoms with E-state index in [4.69, 9.17) is 4.74 Å². The summed E-state index contributed by atoms with van der Waals surface area (Å²) in [4.78, 5) is 16.2. The minimum atomic E-state index is -3.58. The van der Waals surface area contributed by atoms with Gasteiger partial charge in [0.05, 0.1) is 18.5 Å². The maximum absolute atomic E-state index is 12.4. The van der Waals surface area contributed by atoms with Gasteiger partial charge in [-0.05, 0) is 24.3 Å². The molecule has 0 fully saturated rings. The van der Waals surface area contributed by atoms with E-state index in [-0.39, 0.29) is 18.1 Å². The van der Waals surface area contributed by atoms with E-state index in [0.29, 0.717) is 11.4 Å². The lowest BCUT2D eigenvalue weighted by atomic mass is 10.2. The van der Waals surface area contributed by atoms with Crippen LogP contribution >= 0.6 is 0 Å². The Morgan fingerprint density at radius 3 is 2.79 bits per heavy atom. The summed E-state index contributed by atoms with van der Waals surface area (Å²) in [6.07, 6.45) is 1.40. The number of nitrogens with one attached hydrogen (secondary N) is 1. The number of hydrogen-bond acceptors (Lipinski definition) is 6. The molecule has 9 heteroatoms. The normalized spacial score (nSPS) is 16.9. The minimum absolute atomic E-state index is 0.0177. The number of hydrogen-bond donors (Lipinski definition) is 2. The third kappa shape index (κ3) is 3.11. The van der Waals surface area contributed by atoms with Crippen LogP contribution in [0.15, 0.2) is 42.6 Å². The quantitative estimate of drug-likeness (QED) is 0.854. The molecule has 2 N–H and O–H groups in total. The third-order valence-electron chi connectivity index (χ3n) is 3.46. The smallest absolute Gasteiger partial charge is 0.268 e. The molecule has 1 aliphatic heterocycles. The molecule has 8 nitrogen and oxygen atoms in total. The van der Waals surface area contributed by atoms with Crippen molar-refractivity contribution in [1.29, 1.82) is 0 Å². The zero-order valence-electron chi connectivity index (χ0n) is 12.7. The summed E-state index contributed by atoms with van der Waals surface area (Å²) in [5.41, 5.74) is 0.379. The molecule has 0 radical (unpaired) electrons. The monoisotopic (exact) mass is 349 g/mol. The van der Waals surface area contributed by atoms with Gasteiger partial charge in [-0.3, -0.25) is 9.10 Å². The van der Waals surface area contributed by atoms with E-state index in [0.717, 1.165) is 10.6 Å². The van der Waals surface area contributed by atoms with Gasteiger partial charge < -0.3 is 15.2 Å². The van der Waals surface area contributed by atoms with Gasteiger partial charge in [0, 0.05) is 6.20 Å². The van der Waals surface area contributed by atoms with E-state index >= 15 is 0 Å². The lowest BCUT2D eigenvalue weighted by molar-refractivity contribution is -0.122. The van der Waals surface area contributed by atoms with Crippen LogP contribution in [-0.2, 0) is 14.8 Å². The van der Waals surface area contributed by atoms with E-state index < -0.39 is 22.0 Å². The molecule has 0 saturated carbocycles. The highest BCUT2D eigenvalue weighted by atomic mass is 32.2. The number of benzene rings is 1. The topological polar surface area (TPSA) is 109 Å². The van der Waals surface area contributed by atoms with E-state index in [1.165, 1.54) is 18.3 Å². The zero-order chi connectivity index (χ0) is 17.3. The summed E-state index contributed by atoms with van der Waals surface area (Å²) < 4.78 is 30.8. The summed E-state index contributed by atoms with van der Waals surface area (Å²) in [6.45, 7) is -0.171. The van der Waals surface area contributed by atoms with Gasteiger partial charge in [0.25, 0.3) is 5.91 Å². The van der Waals surface area contributed by atoms with Gasteiger partial charge in [0.1, 0.15) is 5.75 Å². The van der Waals surface area contributed by atoms with Gasteiger partial charge in [-0.1, -0.05) is 12.1 Å². The van der Waals surface area contributed by atoms with Crippen LogP contribution in [-0.4, -0.2) is 43.3 Å². The van der Waals surface area contributed by atoms with Crippen molar-refractivity contribution in [3.8, 4) is 11.5 Å². The molecular weight excluding hydrogens is 334 g/mol. The van der Waals surface area contributed by atoms with E-state index in [9.17, 15) is 18.3 Å². The number of rotatable bonds is 3. The molecule has 126 valence electrons. The van der Waals surface area contributed by atoms with Gasteiger partial charge in [0.15, 0.2) is 17.7 Å². The fraction of sp³-hybridized carbons (Fsp3) is 0.200. The predicted molar refractivity (Wildman–Crippen MR) is 87.6 cm³/mol. The van der Waals surface area contributed by atoms with Crippen LogP contribution in [0.4, 0.5) is 11.5 Å². The third-order valence-corrected chi connectivity index (χ3v) is 4.60. The number of ether oxygens (including phenoxy) is 1. The highest BCUT2D eigenvalue weighted by molar-refractivity contribution is 7.92. The molecule has 1 atom stereocenters. The Balaban J connectivity index is 1.88. The van der Waals surface area contributed by atoms with Crippen LogP contribution in [0.1, 0.15) is 0 Å². The summed E-state index contributed by atoms with van der Waals surface area (Å²) >= 11 is 0. The summed E-state index contributed by atoms with van der Waals surface area (Å²) in [6, 6.07) is 9.46. The Morgan fingerprint density at radius 2 is 2.08 bits per heavy atom. The first-order valence-corrected chi connectivity index (χ1v) is 8.89. The van der Waals surface area contributed by atoms with Crippen molar-refractivity contribution in [2.45, 2.75) is 6.10 Å². The molecule has 3 rings (SSSR count). The first-order valence-electron chi connectivity index (χ1n) is 7.04. The first-order chi connectivity index (χ1) is 11.4. The SMILES string of the molecule is CS(=O)(=O)N1C[C@H](C(=O)Nc2ncccc2O)Oc2ccccc21. The van der Waals surface area contributed by atoms with Crippen molar-refractivity contribution >= 4 is 27.4 Å². The fourth-order valence-corrected chi connectivity index (χ4v) is 3.26. The largest absolute Gasteiger partial charge is 0.504 e. The number of fused-ring (bicyclic) bond motifs is 1. The fourth-order valence-electron chi connectivity index (χ4n) is 2.34. The van der Waals surface area contributed by atoms with Crippen molar-refractivity contribution in [2.24, 2.45) is 0 Å². The van der Waals surface area contributed by atoms with Gasteiger partial charge >= 0.3 is 0 Å². The molecule has 1 amide bonds. The van der Waals surface area contributed by atoms with E-state index in [1.807, 2.05) is 0 Å². The number of nitrogens with zero attached hydrogens (tertiary/aromatic N) is 2. The number of anilines is 2. The van der Waals surface area contributed by atoms with E-state index in [2.05, 4.69) is 10.3 Å². The molecule has 0 aliphatic carbocycles. The molecule has 0 unspecified atom stereocenters. The van der Waals surface area contributed by atoms with Crippen LogP contribution in [0.25, 0.3) is 0 Å². The number of para-hydroxylation sites is 2. The second-order valence-electron chi connectivity index (χ2n) is 5.23. The van der Waals surface area contributed by atoms with Gasteiger partial charge in [-0.2, -0.15) is 0 Å². The molecule has 2 aromatic rings. The summed E-state index contributed by atoms with van der Waals surface area (Å²) in [7, 11) is -3.58. The summed E-state index contributed by atoms with van der Waals surface area (Å²) in [5, 5.41) is 12.1. The van der Waals surface area contributed by atoms with Gasteiger partial charge in [0.2, 0.25) is 10.0 Å². The van der Waals surface area contributed by atoms with Crippen molar-refractivity contribution in [3.63, 3.8) is 0 Å². The van der Waals surface area contributed by atoms with Crippen molar-refractivity contribution < 1.29 is 23.1 Å². The Bertz CT molecular complexity index is 884. The van der Waals surface area contributed by atoms with Crippen molar-refractivity contribution in [2.75, 3.05) is 22.4 Å². The molecule has 1 aromatic carbocycles. The minimum Gasteiger partial charge on any atom is -0.504 e. The maximum Gasteiger partial charge on any atom is 0.268 e. The van der Waals surface area contributed by atoms with Crippen LogP contribution in [0.3, 0.4) is 0 Å². The van der Waals surface area contributed by atoms with Crippen LogP contribution in [0.2, 0.25) is 0 Å². The second kappa shape index (κ2) is 6.00. The molecule has 0 bridgehead atoms. The van der Waals surface area contributed by atoms with Crippen LogP contribution in [0, 0.1) is 0 Å². The Kier molecular flexibility index (Phi) is 4.02. The molecule has 24 heavy (non-hydrogen) atoms. The average Bonchev–Trinajstić information content (AvgIpc) is 2.55. The number of aromatic hydroxyl groups is 1. The second-order valence-corrected chi connectivity index (χ2v) is 7.14. The van der Waals surface area contributed by atoms with Gasteiger partial charge in [-0.25, -0.2) is 13.4 Å². The Morgan fingerprint density at radius 1 is 1.33 bits per heavy atom. The number of pyridine rings is 1. The highest BCUT2D eigenvalue weighted by Gasteiger charge is 2.35. The number of amides is 1. The number of aromatic nitrogens is 1. The van der Waals surface area contributed by atoms with Crippen LogP contribution in [0.5, 0.6) is 11.5 Å². The maximum atomic E-state index is 12.4. The molecule has 1 aliphatic rings. The molecule has 0 spiro atoms. The molecular formula is C15H15N3O5S. The Hall–Kier alpha value is -2.81. The standard InChI is InChI=1S/C15H15N3O5S/c1-24(21,22)18-9-13(23-12-7-3-2-5-10(12)18)15(20)17-14-11(19)6-4-8-16-14/h2-8,13,19H,9H2,1H3,(H,16,17,20)/t13-/m1/s1. The first kappa shape index (κ1) is 16.1.